The molecule has 0 amide bonds. The maximum absolute atomic E-state index is 13.0. The van der Waals surface area contributed by atoms with Crippen LogP contribution >= 0.6 is 0 Å². The number of rotatable bonds is 5. The average Bonchev–Trinajstić information content (AvgIpc) is 3.19. The van der Waals surface area contributed by atoms with E-state index in [1.807, 2.05) is 37.3 Å². The predicted octanol–water partition coefficient (Wildman–Crippen LogP) is 2.54. The molecule has 0 aliphatic carbocycles. The molecule has 0 bridgehead atoms. The van der Waals surface area contributed by atoms with Gasteiger partial charge >= 0.3 is 0 Å². The van der Waals surface area contributed by atoms with Crippen LogP contribution in [0.4, 0.5) is 11.5 Å². The monoisotopic (exact) mass is 375 g/mol. The van der Waals surface area contributed by atoms with Crippen LogP contribution in [-0.2, 0) is 6.54 Å². The zero-order chi connectivity index (χ0) is 19.7. The lowest BCUT2D eigenvalue weighted by molar-refractivity contribution is 0.101. The largest absolute Gasteiger partial charge is 0.333 e. The quantitative estimate of drug-likeness (QED) is 0.515. The summed E-state index contributed by atoms with van der Waals surface area (Å²) in [6.45, 7) is 3.58. The third-order valence-corrected chi connectivity index (χ3v) is 4.32. The summed E-state index contributed by atoms with van der Waals surface area (Å²) in [6.07, 6.45) is 2.84. The summed E-state index contributed by atoms with van der Waals surface area (Å²) >= 11 is 0. The summed E-state index contributed by atoms with van der Waals surface area (Å²) in [5.74, 6) is 0.0558. The van der Waals surface area contributed by atoms with Crippen molar-refractivity contribution in [1.82, 2.24) is 29.7 Å². The first-order chi connectivity index (χ1) is 13.6. The minimum absolute atomic E-state index is 0.117. The van der Waals surface area contributed by atoms with Gasteiger partial charge in [-0.3, -0.25) is 9.59 Å². The number of H-pyrrole nitrogens is 1. The van der Waals surface area contributed by atoms with E-state index in [1.54, 1.807) is 0 Å². The van der Waals surface area contributed by atoms with Gasteiger partial charge in [-0.25, -0.2) is 19.6 Å². The van der Waals surface area contributed by atoms with Crippen LogP contribution in [0.25, 0.3) is 22.4 Å². The number of Topliss-reactive ketones (excluding diaryl/α,β-unsaturated/α-hetero) is 1. The number of hydrogen-bond donors (Lipinski definition) is 2. The van der Waals surface area contributed by atoms with Crippen LogP contribution in [0.15, 0.2) is 47.8 Å². The number of carbonyl (C=O) groups is 1. The third kappa shape index (κ3) is 2.92. The van der Waals surface area contributed by atoms with E-state index in [-0.39, 0.29) is 17.0 Å². The molecular formula is C19H17N7O2. The van der Waals surface area contributed by atoms with E-state index >= 15 is 0 Å². The molecule has 1 aromatic carbocycles. The topological polar surface area (TPSA) is 118 Å². The van der Waals surface area contributed by atoms with Crippen molar-refractivity contribution in [2.75, 3.05) is 5.32 Å². The van der Waals surface area contributed by atoms with Gasteiger partial charge in [-0.2, -0.15) is 5.10 Å². The van der Waals surface area contributed by atoms with E-state index in [0.717, 1.165) is 5.56 Å². The number of nitrogens with one attached hydrogen (secondary N) is 2. The Morgan fingerprint density at radius 1 is 1.18 bits per heavy atom. The lowest BCUT2D eigenvalue weighted by Crippen LogP contribution is -2.28. The fraction of sp³-hybridized carbons (Fsp3) is 0.158. The summed E-state index contributed by atoms with van der Waals surface area (Å²) in [4.78, 5) is 40.9. The summed E-state index contributed by atoms with van der Waals surface area (Å²) in [6, 6.07) is 9.28. The highest BCUT2D eigenvalue weighted by molar-refractivity contribution is 6.05. The number of benzene rings is 1. The highest BCUT2D eigenvalue weighted by Gasteiger charge is 2.23. The molecule has 9 nitrogen and oxygen atoms in total. The van der Waals surface area contributed by atoms with Crippen molar-refractivity contribution < 1.29 is 4.79 Å². The Bertz CT molecular complexity index is 1230. The highest BCUT2D eigenvalue weighted by Crippen LogP contribution is 2.28. The normalized spacial score (nSPS) is 10.9. The molecule has 0 unspecified atom stereocenters. The molecular weight excluding hydrogens is 358 g/mol. The van der Waals surface area contributed by atoms with Gasteiger partial charge in [-0.15, -0.1) is 0 Å². The van der Waals surface area contributed by atoms with Crippen molar-refractivity contribution >= 4 is 28.5 Å². The maximum atomic E-state index is 13.0. The number of carbonyl (C=O) groups excluding carboxylic acids is 1. The molecule has 0 spiro atoms. The van der Waals surface area contributed by atoms with Crippen LogP contribution in [0, 0.1) is 0 Å². The van der Waals surface area contributed by atoms with Gasteiger partial charge in [0.1, 0.15) is 17.7 Å². The molecule has 3 aromatic heterocycles. The second kappa shape index (κ2) is 7.03. The smallest absolute Gasteiger partial charge is 0.291 e. The molecule has 28 heavy (non-hydrogen) atoms. The molecule has 0 saturated heterocycles. The Labute approximate surface area is 159 Å². The number of aryl methyl sites for hydroxylation is 1. The molecule has 0 aliphatic heterocycles. The Morgan fingerprint density at radius 2 is 1.96 bits per heavy atom. The summed E-state index contributed by atoms with van der Waals surface area (Å²) in [7, 11) is 0. The highest BCUT2D eigenvalue weighted by atomic mass is 16.1. The first kappa shape index (κ1) is 17.5. The van der Waals surface area contributed by atoms with E-state index in [1.165, 1.54) is 24.3 Å². The van der Waals surface area contributed by atoms with Gasteiger partial charge in [0.2, 0.25) is 0 Å². The zero-order valence-electron chi connectivity index (χ0n) is 15.3. The lowest BCUT2D eigenvalue weighted by Gasteiger charge is -2.15. The number of anilines is 2. The molecule has 2 N–H and O–H groups in total. The van der Waals surface area contributed by atoms with E-state index in [0.29, 0.717) is 29.2 Å². The molecule has 140 valence electrons. The second-order valence-corrected chi connectivity index (χ2v) is 6.09. The Balaban J connectivity index is 1.99. The fourth-order valence-corrected chi connectivity index (χ4v) is 3.02. The van der Waals surface area contributed by atoms with Crippen LogP contribution in [0.1, 0.15) is 24.2 Å². The van der Waals surface area contributed by atoms with Crippen molar-refractivity contribution in [2.45, 2.75) is 20.4 Å². The molecule has 0 radical (unpaired) electrons. The third-order valence-electron chi connectivity index (χ3n) is 4.32. The number of fused-ring (bicyclic) bond motifs is 1. The first-order valence-corrected chi connectivity index (χ1v) is 8.72. The molecule has 9 heteroatoms. The van der Waals surface area contributed by atoms with E-state index < -0.39 is 5.56 Å². The predicted molar refractivity (Wildman–Crippen MR) is 105 cm³/mol. The van der Waals surface area contributed by atoms with Gasteiger partial charge in [0, 0.05) is 12.1 Å². The van der Waals surface area contributed by atoms with E-state index in [4.69, 9.17) is 0 Å². The van der Waals surface area contributed by atoms with Crippen molar-refractivity contribution in [3.8, 4) is 11.3 Å². The fourth-order valence-electron chi connectivity index (χ4n) is 3.02. The molecule has 4 aromatic rings. The van der Waals surface area contributed by atoms with Crippen LogP contribution < -0.4 is 10.9 Å². The minimum Gasteiger partial charge on any atom is -0.333 e. The van der Waals surface area contributed by atoms with E-state index in [2.05, 4.69) is 30.4 Å². The van der Waals surface area contributed by atoms with Crippen LogP contribution in [0.3, 0.4) is 0 Å². The van der Waals surface area contributed by atoms with Crippen molar-refractivity contribution in [2.24, 2.45) is 0 Å². The second-order valence-electron chi connectivity index (χ2n) is 6.09. The summed E-state index contributed by atoms with van der Waals surface area (Å²) in [5.41, 5.74) is 2.09. The number of ketones is 1. The molecule has 0 atom stereocenters. The van der Waals surface area contributed by atoms with E-state index in [9.17, 15) is 9.59 Å². The molecule has 0 saturated carbocycles. The Morgan fingerprint density at radius 3 is 2.68 bits per heavy atom. The zero-order valence-corrected chi connectivity index (χ0v) is 15.3. The summed E-state index contributed by atoms with van der Waals surface area (Å²) in [5, 5.41) is 7.43. The average molecular weight is 375 g/mol. The van der Waals surface area contributed by atoms with Gasteiger partial charge in [0.05, 0.1) is 11.9 Å². The standard InChI is InChI=1S/C19H17N7O2/c1-3-26-19(28)15(24-18-16-17(21-9-20-16)22-10-23-18)13(11(2)27)14(25-26)12-7-5-4-6-8-12/h4-10H,3H2,1-2H3,(H2,20,21,22,23,24). The molecule has 4 rings (SSSR count). The summed E-state index contributed by atoms with van der Waals surface area (Å²) < 4.78 is 1.32. The molecule has 0 fully saturated rings. The van der Waals surface area contributed by atoms with Gasteiger partial charge in [-0.05, 0) is 13.8 Å². The van der Waals surface area contributed by atoms with Gasteiger partial charge in [0.15, 0.2) is 22.8 Å². The number of imidazole rings is 1. The maximum Gasteiger partial charge on any atom is 0.291 e. The van der Waals surface area contributed by atoms with Crippen LogP contribution in [0.2, 0.25) is 0 Å². The molecule has 0 aliphatic rings. The first-order valence-electron chi connectivity index (χ1n) is 8.72. The van der Waals surface area contributed by atoms with Crippen molar-refractivity contribution in [1.29, 1.82) is 0 Å². The van der Waals surface area contributed by atoms with Crippen molar-refractivity contribution in [3.63, 3.8) is 0 Å². The van der Waals surface area contributed by atoms with Crippen molar-refractivity contribution in [3.05, 3.63) is 58.9 Å². The number of nitrogens with zero attached hydrogens (tertiary/aromatic N) is 5. The SMILES string of the molecule is CCn1nc(-c2ccccc2)c(C(C)=O)c(Nc2ncnc3[nH]cnc23)c1=O. The van der Waals surface area contributed by atoms with Gasteiger partial charge in [-0.1, -0.05) is 30.3 Å². The van der Waals surface area contributed by atoms with Crippen LogP contribution in [0.5, 0.6) is 0 Å². The van der Waals surface area contributed by atoms with Gasteiger partial charge in [0.25, 0.3) is 5.56 Å². The minimum atomic E-state index is -0.408. The van der Waals surface area contributed by atoms with Crippen LogP contribution in [-0.4, -0.2) is 35.5 Å². The number of aromatic amines is 1. The Kier molecular flexibility index (Phi) is 4.40. The van der Waals surface area contributed by atoms with Gasteiger partial charge < -0.3 is 10.3 Å². The lowest BCUT2D eigenvalue weighted by atomic mass is 10.0. The Hall–Kier alpha value is -3.88. The molecule has 3 heterocycles. The number of aromatic nitrogens is 6. The number of hydrogen-bond acceptors (Lipinski definition) is 7.